The summed E-state index contributed by atoms with van der Waals surface area (Å²) in [6.07, 6.45) is 0. The molecule has 0 fully saturated rings. The van der Waals surface area contributed by atoms with Gasteiger partial charge in [-0.2, -0.15) is 10.4 Å². The van der Waals surface area contributed by atoms with Gasteiger partial charge in [0.15, 0.2) is 0 Å². The molecular weight excluding hydrogens is 84.0 g/mol. The van der Waals surface area contributed by atoms with Crippen LogP contribution < -0.4 is 16.9 Å². The Balaban J connectivity index is 2.86. The minimum atomic E-state index is 1.90. The first kappa shape index (κ1) is 5.03. The summed E-state index contributed by atoms with van der Waals surface area (Å²) >= 11 is 0. The predicted octanol–water partition coefficient (Wildman–Crippen LogP) is -0.820. The van der Waals surface area contributed by atoms with Crippen LogP contribution in [0.2, 0.25) is 0 Å². The Morgan fingerprint density at radius 3 is 2.67 bits per heavy atom. The zero-order chi connectivity index (χ0) is 4.83. The standard InChI is InChI=1S/H4N6/c1-3-5-6-4-2/h3,5H,1H2. The van der Waals surface area contributed by atoms with Crippen LogP contribution in [-0.4, -0.2) is 0 Å². The van der Waals surface area contributed by atoms with Gasteiger partial charge in [0.05, 0.1) is 0 Å². The Bertz CT molecular complexity index is 56.4. The second kappa shape index (κ2) is 4.03. The lowest BCUT2D eigenvalue weighted by molar-refractivity contribution is 0.576. The summed E-state index contributed by atoms with van der Waals surface area (Å²) in [7, 11) is 0. The van der Waals surface area contributed by atoms with E-state index in [0.29, 0.717) is 0 Å². The van der Waals surface area contributed by atoms with Gasteiger partial charge in [0, 0.05) is 0 Å². The zero-order valence-corrected chi connectivity index (χ0v) is 2.92. The number of hydrogen-bond donors (Lipinski definition) is 3. The van der Waals surface area contributed by atoms with Gasteiger partial charge < -0.3 is 0 Å². The molecule has 0 heterocycles. The van der Waals surface area contributed by atoms with Crippen molar-refractivity contribution in [3.8, 4) is 0 Å². The molecule has 0 amide bonds. The Kier molecular flexibility index (Phi) is 3.38. The normalized spacial score (nSPS) is 6.17. The molecule has 0 radical (unpaired) electrons. The van der Waals surface area contributed by atoms with E-state index < -0.39 is 0 Å². The van der Waals surface area contributed by atoms with E-state index in [-0.39, 0.29) is 0 Å². The molecule has 0 saturated heterocycles. The average molecular weight is 88.1 g/mol. The number of azide groups is 1. The van der Waals surface area contributed by atoms with Gasteiger partial charge in [0.2, 0.25) is 0 Å². The Morgan fingerprint density at radius 2 is 2.50 bits per heavy atom. The number of rotatable bonds is 2. The van der Waals surface area contributed by atoms with Crippen molar-refractivity contribution in [1.29, 1.82) is 0 Å². The maximum atomic E-state index is 7.50. The number of nitrogens with one attached hydrogen (secondary N) is 2. The predicted molar refractivity (Wildman–Crippen MR) is 19.6 cm³/mol. The minimum Gasteiger partial charge on any atom is -0.235 e. The molecule has 4 N–H and O–H groups in total. The molecule has 0 aromatic rings. The van der Waals surface area contributed by atoms with E-state index in [2.05, 4.69) is 16.0 Å². The van der Waals surface area contributed by atoms with Gasteiger partial charge in [-0.15, -0.1) is 5.53 Å². The van der Waals surface area contributed by atoms with Gasteiger partial charge in [0.1, 0.15) is 0 Å². The quantitative estimate of drug-likeness (QED) is 0.135. The molecule has 6 heteroatoms. The van der Waals surface area contributed by atoms with Gasteiger partial charge in [-0.05, 0) is 5.22 Å². The number of nitrogens with zero attached hydrogens (tertiary/aromatic N) is 3. The van der Waals surface area contributed by atoms with Gasteiger partial charge in [0.25, 0.3) is 0 Å². The summed E-state index contributed by atoms with van der Waals surface area (Å²) in [6.45, 7) is 0. The van der Waals surface area contributed by atoms with Gasteiger partial charge in [-0.25, -0.2) is 5.84 Å². The molecule has 0 rings (SSSR count). The largest absolute Gasteiger partial charge is 0.235 e. The number of nitrogens with two attached hydrogens (primary N) is 1. The number of hydrogen-bond acceptors (Lipinski definition) is 3. The molecule has 0 atom stereocenters. The smallest absolute Gasteiger partial charge is 0.000682 e. The van der Waals surface area contributed by atoms with Crippen LogP contribution in [-0.2, 0) is 0 Å². The van der Waals surface area contributed by atoms with Crippen LogP contribution in [0, 0.1) is 0 Å². The molecule has 6 heavy (non-hydrogen) atoms. The van der Waals surface area contributed by atoms with E-state index >= 15 is 0 Å². The molecule has 6 nitrogen and oxygen atoms in total. The highest BCUT2D eigenvalue weighted by Gasteiger charge is 1.56. The fourth-order valence-corrected chi connectivity index (χ4v) is 0.0512. The fraction of sp³-hybridized carbons (Fsp3) is 0. The van der Waals surface area contributed by atoms with Crippen LogP contribution in [0.15, 0.2) is 5.22 Å². The van der Waals surface area contributed by atoms with Crippen LogP contribution in [0.4, 0.5) is 0 Å². The average Bonchev–Trinajstić information content (AvgIpc) is 1.61. The molecule has 34 valence electrons. The first-order valence-corrected chi connectivity index (χ1v) is 1.16. The first-order chi connectivity index (χ1) is 2.91. The van der Waals surface area contributed by atoms with Crippen molar-refractivity contribution in [2.45, 2.75) is 0 Å². The maximum Gasteiger partial charge on any atom is -0.000682 e. The van der Waals surface area contributed by atoms with Gasteiger partial charge >= 0.3 is 0 Å². The molecule has 0 saturated carbocycles. The lowest BCUT2D eigenvalue weighted by Gasteiger charge is -1.80. The van der Waals surface area contributed by atoms with Crippen molar-refractivity contribution >= 4 is 0 Å². The highest BCUT2D eigenvalue weighted by Crippen LogP contribution is 1.47. The van der Waals surface area contributed by atoms with E-state index in [1.807, 2.05) is 11.1 Å². The van der Waals surface area contributed by atoms with Crippen LogP contribution in [0.3, 0.4) is 0 Å². The lowest BCUT2D eigenvalue weighted by atomic mass is 12.3. The Labute approximate surface area is 33.9 Å². The summed E-state index contributed by atoms with van der Waals surface area (Å²) < 4.78 is 0. The van der Waals surface area contributed by atoms with E-state index in [4.69, 9.17) is 5.53 Å². The third-order valence-electron chi connectivity index (χ3n) is 0.159. The van der Waals surface area contributed by atoms with E-state index in [1.54, 1.807) is 0 Å². The third-order valence-corrected chi connectivity index (χ3v) is 0.159. The topological polar surface area (TPSA) is 98.8 Å². The summed E-state index contributed by atoms with van der Waals surface area (Å²) in [5.41, 5.74) is 11.3. The van der Waals surface area contributed by atoms with Crippen LogP contribution in [0.5, 0.6) is 0 Å². The fourth-order valence-electron chi connectivity index (χ4n) is 0.0512. The van der Waals surface area contributed by atoms with Crippen molar-refractivity contribution in [3.05, 3.63) is 10.4 Å². The highest BCUT2D eigenvalue weighted by molar-refractivity contribution is 4.30. The Hall–Kier alpha value is -0.970. The molecule has 0 bridgehead atoms. The molecule has 0 aliphatic carbocycles. The van der Waals surface area contributed by atoms with Crippen LogP contribution in [0.25, 0.3) is 10.4 Å². The van der Waals surface area contributed by atoms with E-state index in [1.165, 1.54) is 0 Å². The van der Waals surface area contributed by atoms with Crippen molar-refractivity contribution < 1.29 is 0 Å². The molecule has 0 aliphatic heterocycles. The Morgan fingerprint density at radius 1 is 1.83 bits per heavy atom. The highest BCUT2D eigenvalue weighted by atomic mass is 15.7. The maximum absolute atomic E-state index is 7.50. The van der Waals surface area contributed by atoms with Crippen molar-refractivity contribution in [2.24, 2.45) is 11.1 Å². The SMILES string of the molecule is [N-]=[N+]=NNNN. The van der Waals surface area contributed by atoms with Crippen molar-refractivity contribution in [1.82, 2.24) is 11.1 Å². The summed E-state index contributed by atoms with van der Waals surface area (Å²) in [5, 5.41) is 2.78. The molecule has 0 aromatic carbocycles. The molecule has 0 aliphatic rings. The molecule has 0 aromatic heterocycles. The second-order valence-corrected chi connectivity index (χ2v) is 0.446. The summed E-state index contributed by atoms with van der Waals surface area (Å²) in [6, 6.07) is 0. The van der Waals surface area contributed by atoms with Crippen LogP contribution >= 0.6 is 0 Å². The summed E-state index contributed by atoms with van der Waals surface area (Å²) in [5.74, 6) is 4.59. The zero-order valence-electron chi connectivity index (χ0n) is 2.92. The second-order valence-electron chi connectivity index (χ2n) is 0.446. The minimum absolute atomic E-state index is 1.90. The van der Waals surface area contributed by atoms with Crippen molar-refractivity contribution in [3.63, 3.8) is 0 Å². The lowest BCUT2D eigenvalue weighted by Crippen LogP contribution is -2.32. The third kappa shape index (κ3) is 3.03. The molecule has 0 spiro atoms. The van der Waals surface area contributed by atoms with E-state index in [9.17, 15) is 0 Å². The molecule has 0 unspecified atom stereocenters. The summed E-state index contributed by atoms with van der Waals surface area (Å²) in [4.78, 5) is 2.30. The van der Waals surface area contributed by atoms with Crippen molar-refractivity contribution in [2.75, 3.05) is 0 Å². The van der Waals surface area contributed by atoms with Gasteiger partial charge in [-0.1, -0.05) is 5.53 Å². The van der Waals surface area contributed by atoms with E-state index in [0.717, 1.165) is 0 Å². The monoisotopic (exact) mass is 88.0 g/mol. The molecular formula is H4N6. The first-order valence-electron chi connectivity index (χ1n) is 1.16. The van der Waals surface area contributed by atoms with Crippen LogP contribution in [0.1, 0.15) is 0 Å². The van der Waals surface area contributed by atoms with Gasteiger partial charge in [-0.3, -0.25) is 0 Å². The number of hydrazine groups is 2.